The molecule has 1 amide bonds. The molecule has 5 rings (SSSR count). The minimum Gasteiger partial charge on any atom is -0.391 e. The van der Waals surface area contributed by atoms with Crippen molar-refractivity contribution in [3.63, 3.8) is 0 Å². The Labute approximate surface area is 189 Å². The van der Waals surface area contributed by atoms with Crippen LogP contribution in [0, 0.1) is 5.92 Å². The third-order valence-corrected chi connectivity index (χ3v) is 6.56. The molecular weight excluding hydrogens is 402 g/mol. The molecule has 1 aliphatic carbocycles. The molecule has 2 aliphatic heterocycles. The number of allylic oxidation sites excluding steroid dienone is 1. The second kappa shape index (κ2) is 9.79. The van der Waals surface area contributed by atoms with Crippen LogP contribution in [0.5, 0.6) is 0 Å². The first kappa shape index (κ1) is 22.4. The molecule has 3 aliphatic rings. The van der Waals surface area contributed by atoms with Crippen LogP contribution in [0.25, 0.3) is 5.78 Å². The average molecular weight is 436 g/mol. The lowest BCUT2D eigenvalue weighted by atomic mass is 10.0. The molecule has 0 spiro atoms. The van der Waals surface area contributed by atoms with Crippen molar-refractivity contribution in [3.05, 3.63) is 66.3 Å². The molecule has 2 N–H and O–H groups in total. The highest BCUT2D eigenvalue weighted by Gasteiger charge is 2.34. The molecule has 170 valence electrons. The summed E-state index contributed by atoms with van der Waals surface area (Å²) in [5, 5.41) is 13.0. The maximum atomic E-state index is 12.5. The number of nitrogens with one attached hydrogen (secondary N) is 1. The maximum absolute atomic E-state index is 12.5. The molecule has 1 saturated heterocycles. The van der Waals surface area contributed by atoms with E-state index in [0.717, 1.165) is 38.3 Å². The molecule has 7 heteroatoms. The Hall–Kier alpha value is -2.77. The van der Waals surface area contributed by atoms with Gasteiger partial charge in [0, 0.05) is 38.2 Å². The second-order valence-electron chi connectivity index (χ2n) is 8.97. The van der Waals surface area contributed by atoms with Crippen molar-refractivity contribution in [3.8, 4) is 0 Å². The van der Waals surface area contributed by atoms with Crippen LogP contribution >= 0.6 is 0 Å². The number of aliphatic hydroxyl groups is 1. The van der Waals surface area contributed by atoms with Gasteiger partial charge in [0.15, 0.2) is 0 Å². The third-order valence-electron chi connectivity index (χ3n) is 6.56. The van der Waals surface area contributed by atoms with E-state index < -0.39 is 6.10 Å². The number of hydrogen-bond acceptors (Lipinski definition) is 5. The first-order valence-electron chi connectivity index (χ1n) is 11.5. The molecule has 4 heterocycles. The van der Waals surface area contributed by atoms with Crippen LogP contribution in [0.15, 0.2) is 55.0 Å². The van der Waals surface area contributed by atoms with Crippen LogP contribution in [0.4, 0.5) is 0 Å². The number of carbonyl (C=O) groups excluding carboxylic acids is 1. The summed E-state index contributed by atoms with van der Waals surface area (Å²) in [4.78, 5) is 22.9. The molecule has 1 saturated carbocycles. The highest BCUT2D eigenvalue weighted by Crippen LogP contribution is 2.46. The molecule has 2 aromatic rings. The highest BCUT2D eigenvalue weighted by atomic mass is 16.3. The molecule has 2 aromatic heterocycles. The molecule has 3 atom stereocenters. The van der Waals surface area contributed by atoms with Gasteiger partial charge in [-0.1, -0.05) is 32.2 Å². The number of aliphatic hydroxyl groups excluding tert-OH is 1. The first-order chi connectivity index (χ1) is 15.5. The van der Waals surface area contributed by atoms with E-state index in [1.807, 2.05) is 28.9 Å². The molecule has 7 nitrogen and oxygen atoms in total. The van der Waals surface area contributed by atoms with E-state index in [1.54, 1.807) is 11.1 Å². The number of carbonyl (C=O) groups is 1. The quantitative estimate of drug-likeness (QED) is 0.771. The lowest BCUT2D eigenvalue weighted by Crippen LogP contribution is -2.42. The van der Waals surface area contributed by atoms with Gasteiger partial charge in [-0.25, -0.2) is 9.97 Å². The zero-order valence-electron chi connectivity index (χ0n) is 18.8. The number of rotatable bonds is 4. The minimum atomic E-state index is -0.421. The van der Waals surface area contributed by atoms with Crippen molar-refractivity contribution < 1.29 is 9.90 Å². The SMILES string of the molecule is C=CC1=C(C=C)CNCC1.CC1CC1c1cnc2nc(C(=O)N3CCCC(O)C3)cn2c1. The summed E-state index contributed by atoms with van der Waals surface area (Å²) in [5.41, 5.74) is 4.25. The molecule has 3 unspecified atom stereocenters. The number of imidazole rings is 1. The van der Waals surface area contributed by atoms with E-state index in [2.05, 4.69) is 35.4 Å². The molecule has 0 bridgehead atoms. The largest absolute Gasteiger partial charge is 0.391 e. The van der Waals surface area contributed by atoms with Gasteiger partial charge in [0.1, 0.15) is 5.69 Å². The summed E-state index contributed by atoms with van der Waals surface area (Å²) in [6.07, 6.45) is 13.0. The van der Waals surface area contributed by atoms with Gasteiger partial charge in [0.05, 0.1) is 6.10 Å². The van der Waals surface area contributed by atoms with Crippen LogP contribution in [-0.2, 0) is 0 Å². The Kier molecular flexibility index (Phi) is 6.86. The van der Waals surface area contributed by atoms with Crippen molar-refractivity contribution in [1.29, 1.82) is 0 Å². The standard InChI is InChI=1S/C16H20N4O2.C9H13N/c1-10-5-13(10)11-6-17-16-18-14(9-20(16)7-11)15(22)19-4-2-3-12(21)8-19;1-3-8-5-6-10-7-9(8)4-2/h6-7,9-10,12-13,21H,2-5,8H2,1H3;3-4,10H,1-2,5-7H2. The summed E-state index contributed by atoms with van der Waals surface area (Å²) in [7, 11) is 0. The van der Waals surface area contributed by atoms with Gasteiger partial charge < -0.3 is 15.3 Å². The van der Waals surface area contributed by atoms with Crippen molar-refractivity contribution in [2.75, 3.05) is 26.2 Å². The van der Waals surface area contributed by atoms with E-state index in [-0.39, 0.29) is 5.91 Å². The summed E-state index contributed by atoms with van der Waals surface area (Å²) in [6.45, 7) is 12.8. The molecular formula is C25H33N5O2. The average Bonchev–Trinajstić information content (AvgIpc) is 3.40. The van der Waals surface area contributed by atoms with Gasteiger partial charge in [0.25, 0.3) is 5.91 Å². The number of likely N-dealkylation sites (tertiary alicyclic amines) is 1. The van der Waals surface area contributed by atoms with E-state index >= 15 is 0 Å². The molecule has 0 aromatic carbocycles. The van der Waals surface area contributed by atoms with Crippen molar-refractivity contribution in [1.82, 2.24) is 24.6 Å². The number of fused-ring (bicyclic) bond motifs is 1. The minimum absolute atomic E-state index is 0.120. The predicted octanol–water partition coefficient (Wildman–Crippen LogP) is 3.10. The van der Waals surface area contributed by atoms with Crippen molar-refractivity contribution in [2.24, 2.45) is 5.92 Å². The Bertz CT molecular complexity index is 1020. The summed E-state index contributed by atoms with van der Waals surface area (Å²) < 4.78 is 1.84. The Morgan fingerprint density at radius 3 is 2.72 bits per heavy atom. The van der Waals surface area contributed by atoms with Crippen LogP contribution < -0.4 is 5.32 Å². The van der Waals surface area contributed by atoms with Crippen molar-refractivity contribution in [2.45, 2.75) is 44.6 Å². The van der Waals surface area contributed by atoms with Gasteiger partial charge in [-0.2, -0.15) is 0 Å². The number of aromatic nitrogens is 3. The van der Waals surface area contributed by atoms with Crippen molar-refractivity contribution >= 4 is 11.7 Å². The van der Waals surface area contributed by atoms with E-state index in [9.17, 15) is 9.90 Å². The Morgan fingerprint density at radius 2 is 2.06 bits per heavy atom. The number of piperidine rings is 1. The van der Waals surface area contributed by atoms with Gasteiger partial charge in [-0.15, -0.1) is 0 Å². The van der Waals surface area contributed by atoms with Crippen LogP contribution in [0.3, 0.4) is 0 Å². The van der Waals surface area contributed by atoms with Crippen LogP contribution in [0.1, 0.15) is 54.6 Å². The lowest BCUT2D eigenvalue weighted by Gasteiger charge is -2.29. The molecule has 2 fully saturated rings. The summed E-state index contributed by atoms with van der Waals surface area (Å²) in [6, 6.07) is 0. The van der Waals surface area contributed by atoms with Gasteiger partial charge in [-0.05, 0) is 60.8 Å². The van der Waals surface area contributed by atoms with E-state index in [0.29, 0.717) is 30.5 Å². The molecule has 0 radical (unpaired) electrons. The first-order valence-corrected chi connectivity index (χ1v) is 11.5. The fourth-order valence-electron chi connectivity index (χ4n) is 4.44. The monoisotopic (exact) mass is 435 g/mol. The van der Waals surface area contributed by atoms with Crippen LogP contribution in [0.2, 0.25) is 0 Å². The van der Waals surface area contributed by atoms with Gasteiger partial charge in [0.2, 0.25) is 5.78 Å². The second-order valence-corrected chi connectivity index (χ2v) is 8.97. The number of amides is 1. The zero-order valence-corrected chi connectivity index (χ0v) is 18.8. The van der Waals surface area contributed by atoms with Gasteiger partial charge >= 0.3 is 0 Å². The number of nitrogens with zero attached hydrogens (tertiary/aromatic N) is 4. The molecule has 32 heavy (non-hydrogen) atoms. The normalized spacial score (nSPS) is 25.2. The number of β-amino-alcohol motifs (C(OH)–C–C–N with tert-alkyl or cyclic N) is 1. The predicted molar refractivity (Wildman–Crippen MR) is 126 cm³/mol. The Morgan fingerprint density at radius 1 is 1.28 bits per heavy atom. The van der Waals surface area contributed by atoms with Crippen LogP contribution in [-0.4, -0.2) is 62.6 Å². The fourth-order valence-corrected chi connectivity index (χ4v) is 4.44. The lowest BCUT2D eigenvalue weighted by molar-refractivity contribution is 0.0469. The number of hydrogen-bond donors (Lipinski definition) is 2. The van der Waals surface area contributed by atoms with Gasteiger partial charge in [-0.3, -0.25) is 9.20 Å². The Balaban J connectivity index is 0.000000207. The zero-order chi connectivity index (χ0) is 22.7. The topological polar surface area (TPSA) is 82.8 Å². The highest BCUT2D eigenvalue weighted by molar-refractivity contribution is 5.92. The van der Waals surface area contributed by atoms with E-state index in [1.165, 1.54) is 23.1 Å². The smallest absolute Gasteiger partial charge is 0.274 e. The third kappa shape index (κ3) is 5.00. The maximum Gasteiger partial charge on any atom is 0.274 e. The summed E-state index contributed by atoms with van der Waals surface area (Å²) in [5.74, 6) is 1.75. The summed E-state index contributed by atoms with van der Waals surface area (Å²) >= 11 is 0. The fraction of sp³-hybridized carbons (Fsp3) is 0.480. The van der Waals surface area contributed by atoms with E-state index in [4.69, 9.17) is 0 Å².